The highest BCUT2D eigenvalue weighted by molar-refractivity contribution is 5.94. The molecule has 2 rings (SSSR count). The molecule has 3 amide bonds. The van der Waals surface area contributed by atoms with Crippen molar-refractivity contribution in [1.82, 2.24) is 25.9 Å². The number of aromatic nitrogens is 2. The molecule has 13 N–H and O–H groups in total. The van der Waals surface area contributed by atoms with Gasteiger partial charge in [-0.1, -0.05) is 12.1 Å². The number of hydrogen-bond donors (Lipinski definition) is 10. The van der Waals surface area contributed by atoms with Crippen molar-refractivity contribution >= 4 is 29.7 Å². The summed E-state index contributed by atoms with van der Waals surface area (Å²) in [4.78, 5) is 61.2. The van der Waals surface area contributed by atoms with Crippen LogP contribution in [-0.2, 0) is 32.0 Å². The van der Waals surface area contributed by atoms with E-state index in [0.717, 1.165) is 0 Å². The summed E-state index contributed by atoms with van der Waals surface area (Å²) in [5.74, 6) is -3.80. The first-order valence-corrected chi connectivity index (χ1v) is 12.3. The number of imidazole rings is 1. The van der Waals surface area contributed by atoms with Gasteiger partial charge in [-0.3, -0.25) is 19.4 Å². The topological polar surface area (TPSA) is 284 Å². The third kappa shape index (κ3) is 10.6. The van der Waals surface area contributed by atoms with Gasteiger partial charge in [0.2, 0.25) is 17.7 Å². The van der Waals surface area contributed by atoms with Crippen molar-refractivity contribution in [2.24, 2.45) is 22.2 Å². The number of carboxylic acid groups (broad SMARTS) is 1. The minimum Gasteiger partial charge on any atom is -0.508 e. The van der Waals surface area contributed by atoms with Crippen LogP contribution in [0.5, 0.6) is 5.75 Å². The van der Waals surface area contributed by atoms with Crippen LogP contribution in [0.2, 0.25) is 0 Å². The van der Waals surface area contributed by atoms with Crippen molar-refractivity contribution in [2.45, 2.75) is 49.9 Å². The number of aliphatic hydroxyl groups is 1. The summed E-state index contributed by atoms with van der Waals surface area (Å²) in [6.45, 7) is -0.500. The molecule has 0 bridgehead atoms. The maximum absolute atomic E-state index is 13.2. The number of guanidine groups is 1. The molecule has 0 aliphatic heterocycles. The highest BCUT2D eigenvalue weighted by Crippen LogP contribution is 2.12. The SMILES string of the molecule is NC(N)=NCCCC(NC(=O)C(N)CO)C(=O)NC(Cc1cnc[nH]1)C(=O)NC(Cc1ccc(O)cc1)C(=O)O. The fourth-order valence-corrected chi connectivity index (χ4v) is 3.57. The Labute approximate surface area is 229 Å². The number of carbonyl (C=O) groups is 4. The predicted octanol–water partition coefficient (Wildman–Crippen LogP) is -3.19. The number of aromatic amines is 1. The molecule has 1 aromatic carbocycles. The number of aliphatic carboxylic acids is 1. The summed E-state index contributed by atoms with van der Waals surface area (Å²) in [5.41, 5.74) is 17.2. The second-order valence-corrected chi connectivity index (χ2v) is 8.91. The molecule has 0 aliphatic rings. The van der Waals surface area contributed by atoms with Crippen molar-refractivity contribution in [3.8, 4) is 5.75 Å². The maximum Gasteiger partial charge on any atom is 0.326 e. The summed E-state index contributed by atoms with van der Waals surface area (Å²) < 4.78 is 0. The van der Waals surface area contributed by atoms with E-state index in [0.29, 0.717) is 11.3 Å². The van der Waals surface area contributed by atoms with E-state index in [9.17, 15) is 34.5 Å². The highest BCUT2D eigenvalue weighted by Gasteiger charge is 2.30. The lowest BCUT2D eigenvalue weighted by Crippen LogP contribution is -2.58. The molecule has 4 unspecified atom stereocenters. The molecule has 218 valence electrons. The van der Waals surface area contributed by atoms with Crippen LogP contribution >= 0.6 is 0 Å². The normalized spacial score (nSPS) is 13.8. The van der Waals surface area contributed by atoms with Crippen LogP contribution in [0.3, 0.4) is 0 Å². The number of H-pyrrole nitrogens is 1. The molecule has 1 aromatic heterocycles. The second-order valence-electron chi connectivity index (χ2n) is 8.91. The van der Waals surface area contributed by atoms with E-state index in [1.807, 2.05) is 0 Å². The molecule has 16 nitrogen and oxygen atoms in total. The summed E-state index contributed by atoms with van der Waals surface area (Å²) in [7, 11) is 0. The lowest BCUT2D eigenvalue weighted by molar-refractivity contribution is -0.142. The average molecular weight is 562 g/mol. The van der Waals surface area contributed by atoms with Gasteiger partial charge in [0.15, 0.2) is 5.96 Å². The smallest absolute Gasteiger partial charge is 0.326 e. The van der Waals surface area contributed by atoms with E-state index >= 15 is 0 Å². The van der Waals surface area contributed by atoms with Crippen molar-refractivity contribution < 1.29 is 34.5 Å². The van der Waals surface area contributed by atoms with Gasteiger partial charge in [-0.15, -0.1) is 0 Å². The molecule has 0 aliphatic carbocycles. The molecule has 1 heterocycles. The fourth-order valence-electron chi connectivity index (χ4n) is 3.57. The number of benzene rings is 1. The van der Waals surface area contributed by atoms with Crippen LogP contribution in [0.15, 0.2) is 41.8 Å². The van der Waals surface area contributed by atoms with Crippen molar-refractivity contribution in [1.29, 1.82) is 0 Å². The highest BCUT2D eigenvalue weighted by atomic mass is 16.4. The standard InChI is InChI=1S/C24H35N9O7/c25-16(11-34)20(36)31-17(2-1-7-29-24(26)27)21(37)32-18(9-14-10-28-12-30-14)22(38)33-19(23(39)40)8-13-3-5-15(35)6-4-13/h3-6,10,12,16-19,34-35H,1-2,7-9,11,25H2,(H,28,30)(H,31,36)(H,32,37)(H,33,38)(H,39,40)(H4,26,27,29). The number of amides is 3. The number of nitrogens with two attached hydrogens (primary N) is 3. The summed E-state index contributed by atoms with van der Waals surface area (Å²) >= 11 is 0. The van der Waals surface area contributed by atoms with Crippen LogP contribution in [0.25, 0.3) is 0 Å². The molecule has 16 heteroatoms. The lowest BCUT2D eigenvalue weighted by Gasteiger charge is -2.25. The summed E-state index contributed by atoms with van der Waals surface area (Å²) in [6, 6.07) is 0.747. The number of aromatic hydroxyl groups is 1. The Balaban J connectivity index is 2.21. The van der Waals surface area contributed by atoms with Crippen LogP contribution < -0.4 is 33.2 Å². The number of aliphatic imine (C=N–C) groups is 1. The Morgan fingerprint density at radius 1 is 0.950 bits per heavy atom. The van der Waals surface area contributed by atoms with Gasteiger partial charge in [0, 0.05) is 31.3 Å². The monoisotopic (exact) mass is 561 g/mol. The van der Waals surface area contributed by atoms with E-state index in [1.165, 1.54) is 36.8 Å². The largest absolute Gasteiger partial charge is 0.508 e. The van der Waals surface area contributed by atoms with Crippen LogP contribution in [0.4, 0.5) is 0 Å². The predicted molar refractivity (Wildman–Crippen MR) is 143 cm³/mol. The van der Waals surface area contributed by atoms with Crippen molar-refractivity contribution in [3.05, 3.63) is 48.0 Å². The summed E-state index contributed by atoms with van der Waals surface area (Å²) in [5, 5.41) is 35.8. The van der Waals surface area contributed by atoms with Crippen LogP contribution in [0.1, 0.15) is 24.1 Å². The Bertz CT molecular complexity index is 1150. The van der Waals surface area contributed by atoms with Crippen molar-refractivity contribution in [2.75, 3.05) is 13.2 Å². The zero-order chi connectivity index (χ0) is 29.7. The number of hydrogen-bond acceptors (Lipinski definition) is 9. The first-order chi connectivity index (χ1) is 19.0. The van der Waals surface area contributed by atoms with Gasteiger partial charge in [0.1, 0.15) is 29.9 Å². The van der Waals surface area contributed by atoms with Gasteiger partial charge >= 0.3 is 5.97 Å². The first-order valence-electron chi connectivity index (χ1n) is 12.3. The fraction of sp³-hybridized carbons (Fsp3) is 0.417. The number of nitrogens with zero attached hydrogens (tertiary/aromatic N) is 2. The van der Waals surface area contributed by atoms with Gasteiger partial charge in [0.05, 0.1) is 12.9 Å². The van der Waals surface area contributed by atoms with E-state index in [2.05, 4.69) is 30.9 Å². The number of carbonyl (C=O) groups excluding carboxylic acids is 3. The molecule has 4 atom stereocenters. The Morgan fingerprint density at radius 2 is 1.57 bits per heavy atom. The number of rotatable bonds is 16. The molecular formula is C24H35N9O7. The molecular weight excluding hydrogens is 526 g/mol. The Hall–Kier alpha value is -4.70. The minimum atomic E-state index is -1.35. The van der Waals surface area contributed by atoms with E-state index in [4.69, 9.17) is 17.2 Å². The zero-order valence-corrected chi connectivity index (χ0v) is 21.6. The second kappa shape index (κ2) is 15.6. The molecule has 0 spiro atoms. The Morgan fingerprint density at radius 3 is 2.15 bits per heavy atom. The molecule has 0 fully saturated rings. The zero-order valence-electron chi connectivity index (χ0n) is 21.6. The van der Waals surface area contributed by atoms with Crippen LogP contribution in [-0.4, -0.2) is 92.3 Å². The number of phenolic OH excluding ortho intramolecular Hbond substituents is 1. The van der Waals surface area contributed by atoms with Gasteiger partial charge in [0.25, 0.3) is 0 Å². The van der Waals surface area contributed by atoms with E-state index in [1.54, 1.807) is 0 Å². The quantitative estimate of drug-likeness (QED) is 0.0553. The molecule has 0 saturated carbocycles. The van der Waals surface area contributed by atoms with E-state index in [-0.39, 0.29) is 43.9 Å². The third-order valence-electron chi connectivity index (χ3n) is 5.71. The number of phenols is 1. The Kier molecular flexibility index (Phi) is 12.3. The average Bonchev–Trinajstić information content (AvgIpc) is 3.43. The molecule has 0 saturated heterocycles. The lowest BCUT2D eigenvalue weighted by atomic mass is 10.0. The van der Waals surface area contributed by atoms with Crippen molar-refractivity contribution in [3.63, 3.8) is 0 Å². The number of nitrogens with one attached hydrogen (secondary N) is 4. The van der Waals surface area contributed by atoms with Gasteiger partial charge in [-0.25, -0.2) is 9.78 Å². The van der Waals surface area contributed by atoms with Gasteiger partial charge < -0.3 is 53.5 Å². The number of aliphatic hydroxyl groups excluding tert-OH is 1. The summed E-state index contributed by atoms with van der Waals surface area (Å²) in [6.07, 6.45) is 2.98. The van der Waals surface area contributed by atoms with Gasteiger partial charge in [-0.2, -0.15) is 0 Å². The first kappa shape index (κ1) is 31.5. The third-order valence-corrected chi connectivity index (χ3v) is 5.71. The minimum absolute atomic E-state index is 0.00174. The van der Waals surface area contributed by atoms with Crippen LogP contribution in [0, 0.1) is 0 Å². The molecule has 2 aromatic rings. The number of carboxylic acids is 1. The maximum atomic E-state index is 13.2. The van der Waals surface area contributed by atoms with E-state index < -0.39 is 54.5 Å². The molecule has 40 heavy (non-hydrogen) atoms. The van der Waals surface area contributed by atoms with Gasteiger partial charge in [-0.05, 0) is 30.5 Å². The molecule has 0 radical (unpaired) electrons.